The number of carbonyl (C=O) groups is 2. The van der Waals surface area contributed by atoms with Crippen molar-refractivity contribution in [3.05, 3.63) is 99.0 Å². The number of nitrogens with zero attached hydrogens (tertiary/aromatic N) is 2. The van der Waals surface area contributed by atoms with Crippen molar-refractivity contribution in [1.29, 1.82) is 0 Å². The highest BCUT2D eigenvalue weighted by Crippen LogP contribution is 2.31. The Morgan fingerprint density at radius 1 is 0.881 bits per heavy atom. The van der Waals surface area contributed by atoms with E-state index >= 15 is 0 Å². The third-order valence-electron chi connectivity index (χ3n) is 6.70. The molecule has 7 nitrogen and oxygen atoms in total. The fraction of sp³-hybridized carbons (Fsp3) is 0.355. The predicted molar refractivity (Wildman–Crippen MR) is 172 cm³/mol. The highest BCUT2D eigenvalue weighted by atomic mass is 35.5. The topological polar surface area (TPSA) is 86.8 Å². The molecule has 226 valence electrons. The molecule has 3 aromatic rings. The smallest absolute Gasteiger partial charge is 0.243 e. The van der Waals surface area contributed by atoms with E-state index in [0.29, 0.717) is 23.0 Å². The summed E-state index contributed by atoms with van der Waals surface area (Å²) in [6, 6.07) is 20.5. The maximum atomic E-state index is 13.9. The van der Waals surface area contributed by atoms with Gasteiger partial charge in [0.15, 0.2) is 0 Å². The van der Waals surface area contributed by atoms with Gasteiger partial charge in [0, 0.05) is 42.5 Å². The fourth-order valence-electron chi connectivity index (χ4n) is 4.51. The molecule has 3 aromatic carbocycles. The number of amides is 2. The maximum absolute atomic E-state index is 13.9. The molecular weight excluding hydrogens is 617 g/mol. The fourth-order valence-corrected chi connectivity index (χ4v) is 6.04. The van der Waals surface area contributed by atoms with Crippen LogP contribution in [0.1, 0.15) is 43.7 Å². The third kappa shape index (κ3) is 10.2. The second-order valence-electron chi connectivity index (χ2n) is 10.0. The molecule has 0 aromatic heterocycles. The molecule has 0 unspecified atom stereocenters. The van der Waals surface area contributed by atoms with Crippen LogP contribution in [0, 0.1) is 0 Å². The van der Waals surface area contributed by atoms with Crippen LogP contribution in [-0.2, 0) is 32.6 Å². The van der Waals surface area contributed by atoms with Crippen molar-refractivity contribution in [1.82, 2.24) is 10.2 Å². The lowest BCUT2D eigenvalue weighted by molar-refractivity contribution is -0.141. The molecule has 11 heteroatoms. The van der Waals surface area contributed by atoms with Gasteiger partial charge in [0.05, 0.1) is 17.0 Å². The summed E-state index contributed by atoms with van der Waals surface area (Å²) < 4.78 is 26.5. The molecular formula is C31H36Cl3N3O4S. The summed E-state index contributed by atoms with van der Waals surface area (Å²) in [5.74, 6) is -0.514. The van der Waals surface area contributed by atoms with Gasteiger partial charge in [0.1, 0.15) is 6.04 Å². The minimum absolute atomic E-state index is 0.00528. The largest absolute Gasteiger partial charge is 0.354 e. The molecule has 0 bridgehead atoms. The predicted octanol–water partition coefficient (Wildman–Crippen LogP) is 6.75. The third-order valence-corrected chi connectivity index (χ3v) is 8.68. The number of nitrogens with one attached hydrogen (secondary N) is 1. The molecule has 0 saturated carbocycles. The number of unbranched alkanes of at least 4 members (excludes halogenated alkanes) is 1. The molecule has 0 radical (unpaired) electrons. The first kappa shape index (κ1) is 33.7. The second-order valence-corrected chi connectivity index (χ2v) is 13.2. The van der Waals surface area contributed by atoms with Gasteiger partial charge in [-0.15, -0.1) is 0 Å². The van der Waals surface area contributed by atoms with Gasteiger partial charge < -0.3 is 10.2 Å². The summed E-state index contributed by atoms with van der Waals surface area (Å²) in [6.07, 6.45) is 3.35. The van der Waals surface area contributed by atoms with Gasteiger partial charge in [-0.3, -0.25) is 13.9 Å². The first-order valence-electron chi connectivity index (χ1n) is 13.8. The van der Waals surface area contributed by atoms with Crippen LogP contribution in [0.25, 0.3) is 0 Å². The Bertz CT molecular complexity index is 1440. The Hall–Kier alpha value is -2.78. The first-order chi connectivity index (χ1) is 20.0. The van der Waals surface area contributed by atoms with Gasteiger partial charge in [0.25, 0.3) is 0 Å². The van der Waals surface area contributed by atoms with Crippen molar-refractivity contribution in [2.75, 3.05) is 23.7 Å². The van der Waals surface area contributed by atoms with Crippen LogP contribution in [0.15, 0.2) is 72.8 Å². The van der Waals surface area contributed by atoms with Gasteiger partial charge in [-0.05, 0) is 54.3 Å². The quantitative estimate of drug-likeness (QED) is 0.184. The Kier molecular flexibility index (Phi) is 13.0. The lowest BCUT2D eigenvalue weighted by Crippen LogP contribution is -2.50. The molecule has 0 spiro atoms. The number of halogens is 3. The van der Waals surface area contributed by atoms with E-state index < -0.39 is 16.1 Å². The minimum Gasteiger partial charge on any atom is -0.354 e. The Labute approximate surface area is 263 Å². The lowest BCUT2D eigenvalue weighted by Gasteiger charge is -2.32. The van der Waals surface area contributed by atoms with Crippen LogP contribution in [0.5, 0.6) is 0 Å². The Morgan fingerprint density at radius 3 is 2.19 bits per heavy atom. The van der Waals surface area contributed by atoms with E-state index in [2.05, 4.69) is 5.32 Å². The van der Waals surface area contributed by atoms with Crippen molar-refractivity contribution in [3.63, 3.8) is 0 Å². The molecule has 0 aliphatic rings. The Morgan fingerprint density at radius 2 is 1.55 bits per heavy atom. The van der Waals surface area contributed by atoms with Crippen molar-refractivity contribution in [2.24, 2.45) is 0 Å². The highest BCUT2D eigenvalue weighted by molar-refractivity contribution is 7.92. The average molecular weight is 653 g/mol. The van der Waals surface area contributed by atoms with E-state index in [0.717, 1.165) is 34.5 Å². The van der Waals surface area contributed by atoms with E-state index in [1.165, 1.54) is 12.1 Å². The van der Waals surface area contributed by atoms with Crippen LogP contribution in [0.3, 0.4) is 0 Å². The van der Waals surface area contributed by atoms with E-state index in [1.807, 2.05) is 49.4 Å². The number of rotatable bonds is 15. The zero-order chi connectivity index (χ0) is 30.7. The van der Waals surface area contributed by atoms with Gasteiger partial charge in [-0.2, -0.15) is 0 Å². The molecule has 0 aliphatic carbocycles. The second kappa shape index (κ2) is 16.2. The monoisotopic (exact) mass is 651 g/mol. The number of carbonyl (C=O) groups excluding carboxylic acids is 2. The molecule has 0 saturated heterocycles. The molecule has 0 fully saturated rings. The lowest BCUT2D eigenvalue weighted by atomic mass is 10.0. The van der Waals surface area contributed by atoms with E-state index in [-0.39, 0.29) is 48.5 Å². The summed E-state index contributed by atoms with van der Waals surface area (Å²) in [7, 11) is -3.72. The average Bonchev–Trinajstić information content (AvgIpc) is 2.95. The minimum atomic E-state index is -3.72. The number of anilines is 1. The van der Waals surface area contributed by atoms with Crippen LogP contribution in [0.2, 0.25) is 15.1 Å². The van der Waals surface area contributed by atoms with Crippen LogP contribution < -0.4 is 9.62 Å². The summed E-state index contributed by atoms with van der Waals surface area (Å²) >= 11 is 18.5. The highest BCUT2D eigenvalue weighted by Gasteiger charge is 2.30. The van der Waals surface area contributed by atoms with Crippen molar-refractivity contribution < 1.29 is 18.0 Å². The van der Waals surface area contributed by atoms with Crippen molar-refractivity contribution in [2.45, 2.75) is 51.6 Å². The number of hydrogen-bond acceptors (Lipinski definition) is 4. The Balaban J connectivity index is 1.88. The SMILES string of the molecule is CCCCNC(=O)[C@@H](Cc1ccccc1)N(Cc1ccc(Cl)cc1)C(=O)CCCN(c1cc(Cl)ccc1Cl)S(C)(=O)=O. The van der Waals surface area contributed by atoms with Crippen molar-refractivity contribution in [3.8, 4) is 0 Å². The molecule has 0 aliphatic heterocycles. The normalized spacial score (nSPS) is 12.0. The molecule has 42 heavy (non-hydrogen) atoms. The standard InChI is InChI=1S/C31H36Cl3N3O4S/c1-3-4-18-35-31(39)29(20-23-9-6-5-7-10-23)36(22-24-12-14-25(32)15-13-24)30(38)11-8-19-37(42(2,40)41)28-21-26(33)16-17-27(28)34/h5-7,9-10,12-17,21,29H,3-4,8,11,18-20,22H2,1-2H3,(H,35,39)/t29-/m1/s1. The zero-order valence-corrected chi connectivity index (χ0v) is 26.8. The summed E-state index contributed by atoms with van der Waals surface area (Å²) in [6.45, 7) is 2.74. The zero-order valence-electron chi connectivity index (χ0n) is 23.7. The number of benzene rings is 3. The van der Waals surface area contributed by atoms with Crippen LogP contribution >= 0.6 is 34.8 Å². The summed E-state index contributed by atoms with van der Waals surface area (Å²) in [5, 5.41) is 4.13. The van der Waals surface area contributed by atoms with Gasteiger partial charge in [-0.1, -0.05) is 90.6 Å². The van der Waals surface area contributed by atoms with Gasteiger partial charge in [0.2, 0.25) is 21.8 Å². The first-order valence-corrected chi connectivity index (χ1v) is 16.8. The summed E-state index contributed by atoms with van der Waals surface area (Å²) in [5.41, 5.74) is 1.98. The molecule has 2 amide bonds. The number of sulfonamides is 1. The molecule has 1 atom stereocenters. The summed E-state index contributed by atoms with van der Waals surface area (Å²) in [4.78, 5) is 29.0. The molecule has 0 heterocycles. The van der Waals surface area contributed by atoms with E-state index in [1.54, 1.807) is 23.1 Å². The molecule has 1 N–H and O–H groups in total. The van der Waals surface area contributed by atoms with Crippen molar-refractivity contribution >= 4 is 62.3 Å². The van der Waals surface area contributed by atoms with E-state index in [9.17, 15) is 18.0 Å². The van der Waals surface area contributed by atoms with Gasteiger partial charge >= 0.3 is 0 Å². The maximum Gasteiger partial charge on any atom is 0.243 e. The van der Waals surface area contributed by atoms with Gasteiger partial charge in [-0.25, -0.2) is 8.42 Å². The number of hydrogen-bond donors (Lipinski definition) is 1. The van der Waals surface area contributed by atoms with Crippen LogP contribution in [-0.4, -0.2) is 50.5 Å². The van der Waals surface area contributed by atoms with E-state index in [4.69, 9.17) is 34.8 Å². The van der Waals surface area contributed by atoms with Crippen LogP contribution in [0.4, 0.5) is 5.69 Å². The molecule has 3 rings (SSSR count).